The van der Waals surface area contributed by atoms with Gasteiger partial charge in [-0.1, -0.05) is 35.9 Å². The molecule has 0 unspecified atom stereocenters. The van der Waals surface area contributed by atoms with Crippen molar-refractivity contribution in [1.29, 1.82) is 0 Å². The number of hydrogen-bond acceptors (Lipinski definition) is 4. The number of benzene rings is 2. The quantitative estimate of drug-likeness (QED) is 0.384. The molecule has 126 valence electrons. The normalized spacial score (nSPS) is 10.0. The lowest BCUT2D eigenvalue weighted by Gasteiger charge is -2.26. The van der Waals surface area contributed by atoms with E-state index in [1.54, 1.807) is 30.3 Å². The summed E-state index contributed by atoms with van der Waals surface area (Å²) < 4.78 is 0. The smallest absolute Gasteiger partial charge is 0.305 e. The van der Waals surface area contributed by atoms with Crippen LogP contribution in [-0.2, 0) is 0 Å². The summed E-state index contributed by atoms with van der Waals surface area (Å²) in [7, 11) is 0. The van der Waals surface area contributed by atoms with Gasteiger partial charge in [-0.15, -0.1) is 10.2 Å². The predicted octanol–water partition coefficient (Wildman–Crippen LogP) is 2.33. The Bertz CT molecular complexity index is 735. The van der Waals surface area contributed by atoms with Gasteiger partial charge in [0, 0.05) is 11.4 Å². The Labute approximate surface area is 139 Å². The molecular weight excluding hydrogens is 308 g/mol. The fraction of sp³-hybridized carbons (Fsp3) is 0.125. The van der Waals surface area contributed by atoms with Gasteiger partial charge in [-0.05, 0) is 37.6 Å². The molecule has 8 heteroatoms. The van der Waals surface area contributed by atoms with Crippen LogP contribution in [0.1, 0.15) is 11.1 Å². The highest BCUT2D eigenvalue weighted by Crippen LogP contribution is 2.16. The maximum atomic E-state index is 12.1. The predicted molar refractivity (Wildman–Crippen MR) is 92.4 cm³/mol. The summed E-state index contributed by atoms with van der Waals surface area (Å²) in [6.07, 6.45) is 0. The minimum atomic E-state index is -0.750. The molecule has 24 heavy (non-hydrogen) atoms. The number of urea groups is 2. The lowest BCUT2D eigenvalue weighted by Crippen LogP contribution is -2.59. The van der Waals surface area contributed by atoms with Crippen LogP contribution < -0.4 is 22.3 Å². The van der Waals surface area contributed by atoms with Crippen molar-refractivity contribution in [2.45, 2.75) is 13.8 Å². The Hall–Kier alpha value is -3.10. The standard InChI is InChI=1S/C16H20N6O2/c1-11-8-9-14(12(2)10-11)20-16(24)22(18)21(17)15(23)19-13-6-4-3-5-7-13/h3-10H,17-18H2,1-2H3,(H,19,23)(H,20,24). The van der Waals surface area contributed by atoms with Crippen LogP contribution >= 0.6 is 0 Å². The second kappa shape index (κ2) is 7.44. The first-order valence-electron chi connectivity index (χ1n) is 7.22. The van der Waals surface area contributed by atoms with Crippen LogP contribution in [-0.4, -0.2) is 22.3 Å². The van der Waals surface area contributed by atoms with Crippen LogP contribution in [0.3, 0.4) is 0 Å². The van der Waals surface area contributed by atoms with Crippen molar-refractivity contribution in [3.8, 4) is 0 Å². The first kappa shape index (κ1) is 17.3. The van der Waals surface area contributed by atoms with E-state index in [2.05, 4.69) is 10.6 Å². The number of carbonyl (C=O) groups is 2. The number of nitrogens with two attached hydrogens (primary N) is 2. The number of hydrazine groups is 3. The number of hydrogen-bond donors (Lipinski definition) is 4. The van der Waals surface area contributed by atoms with Crippen LogP contribution in [0.4, 0.5) is 21.0 Å². The molecular formula is C16H20N6O2. The van der Waals surface area contributed by atoms with Crippen molar-refractivity contribution in [1.82, 2.24) is 10.2 Å². The van der Waals surface area contributed by atoms with E-state index in [9.17, 15) is 9.59 Å². The van der Waals surface area contributed by atoms with Gasteiger partial charge < -0.3 is 10.6 Å². The second-order valence-corrected chi connectivity index (χ2v) is 5.23. The SMILES string of the molecule is Cc1ccc(NC(=O)N(N)N(N)C(=O)Nc2ccccc2)c(C)c1. The van der Waals surface area contributed by atoms with Crippen molar-refractivity contribution in [3.05, 3.63) is 59.7 Å². The van der Waals surface area contributed by atoms with Gasteiger partial charge in [0.2, 0.25) is 0 Å². The summed E-state index contributed by atoms with van der Waals surface area (Å²) in [5.41, 5.74) is 3.05. The van der Waals surface area contributed by atoms with E-state index < -0.39 is 12.1 Å². The monoisotopic (exact) mass is 328 g/mol. The molecule has 0 heterocycles. The summed E-state index contributed by atoms with van der Waals surface area (Å²) in [4.78, 5) is 24.1. The zero-order valence-electron chi connectivity index (χ0n) is 13.5. The minimum Gasteiger partial charge on any atom is -0.305 e. The van der Waals surface area contributed by atoms with Gasteiger partial charge in [-0.25, -0.2) is 21.3 Å². The Morgan fingerprint density at radius 1 is 0.875 bits per heavy atom. The molecule has 0 spiro atoms. The van der Waals surface area contributed by atoms with Crippen LogP contribution in [0.15, 0.2) is 48.5 Å². The van der Waals surface area contributed by atoms with E-state index in [0.717, 1.165) is 11.1 Å². The molecule has 0 saturated heterocycles. The zero-order valence-corrected chi connectivity index (χ0v) is 13.5. The van der Waals surface area contributed by atoms with E-state index in [0.29, 0.717) is 21.6 Å². The van der Waals surface area contributed by atoms with Gasteiger partial charge in [0.25, 0.3) is 0 Å². The molecule has 0 fully saturated rings. The molecule has 6 N–H and O–H groups in total. The number of rotatable bonds is 2. The Kier molecular flexibility index (Phi) is 5.35. The largest absolute Gasteiger partial charge is 0.357 e. The van der Waals surface area contributed by atoms with Gasteiger partial charge in [0.15, 0.2) is 0 Å². The molecule has 2 aromatic rings. The fourth-order valence-electron chi connectivity index (χ4n) is 2.02. The topological polar surface area (TPSA) is 117 Å². The van der Waals surface area contributed by atoms with Crippen LogP contribution in [0.2, 0.25) is 0 Å². The maximum Gasteiger partial charge on any atom is 0.357 e. The summed E-state index contributed by atoms with van der Waals surface area (Å²) in [6.45, 7) is 3.80. The van der Waals surface area contributed by atoms with Crippen molar-refractivity contribution in [2.24, 2.45) is 11.7 Å². The highest BCUT2D eigenvalue weighted by atomic mass is 16.2. The average Bonchev–Trinajstić information content (AvgIpc) is 2.56. The Balaban J connectivity index is 1.99. The third kappa shape index (κ3) is 4.22. The number of amides is 4. The van der Waals surface area contributed by atoms with Crippen LogP contribution in [0.25, 0.3) is 0 Å². The lowest BCUT2D eigenvalue weighted by molar-refractivity contribution is 0.0591. The molecule has 0 radical (unpaired) electrons. The summed E-state index contributed by atoms with van der Waals surface area (Å²) in [5.74, 6) is 11.2. The van der Waals surface area contributed by atoms with E-state index in [1.165, 1.54) is 0 Å². The third-order valence-electron chi connectivity index (χ3n) is 3.30. The van der Waals surface area contributed by atoms with E-state index in [1.807, 2.05) is 32.0 Å². The zero-order chi connectivity index (χ0) is 17.7. The van der Waals surface area contributed by atoms with E-state index in [4.69, 9.17) is 11.7 Å². The van der Waals surface area contributed by atoms with E-state index in [-0.39, 0.29) is 0 Å². The first-order valence-corrected chi connectivity index (χ1v) is 7.22. The molecule has 0 atom stereocenters. The Morgan fingerprint density at radius 3 is 2.04 bits per heavy atom. The molecule has 0 saturated carbocycles. The van der Waals surface area contributed by atoms with Gasteiger partial charge in [-0.3, -0.25) is 0 Å². The third-order valence-corrected chi connectivity index (χ3v) is 3.30. The fourth-order valence-corrected chi connectivity index (χ4v) is 2.02. The van der Waals surface area contributed by atoms with E-state index >= 15 is 0 Å². The summed E-state index contributed by atoms with van der Waals surface area (Å²) in [6, 6.07) is 12.7. The van der Waals surface area contributed by atoms with Crippen molar-refractivity contribution >= 4 is 23.4 Å². The van der Waals surface area contributed by atoms with Gasteiger partial charge in [0.1, 0.15) is 0 Å². The molecule has 0 aliphatic heterocycles. The molecule has 4 amide bonds. The number of para-hydroxylation sites is 1. The summed E-state index contributed by atoms with van der Waals surface area (Å²) >= 11 is 0. The van der Waals surface area contributed by atoms with Crippen molar-refractivity contribution in [2.75, 3.05) is 10.6 Å². The molecule has 0 bridgehead atoms. The van der Waals surface area contributed by atoms with Gasteiger partial charge >= 0.3 is 12.1 Å². The highest BCUT2D eigenvalue weighted by molar-refractivity contribution is 5.93. The second-order valence-electron chi connectivity index (χ2n) is 5.23. The van der Waals surface area contributed by atoms with Crippen molar-refractivity contribution in [3.63, 3.8) is 0 Å². The number of nitrogens with zero attached hydrogens (tertiary/aromatic N) is 2. The minimum absolute atomic E-state index is 0.492. The molecule has 0 aliphatic carbocycles. The van der Waals surface area contributed by atoms with Crippen LogP contribution in [0.5, 0.6) is 0 Å². The van der Waals surface area contributed by atoms with Crippen LogP contribution in [0, 0.1) is 13.8 Å². The molecule has 2 aromatic carbocycles. The Morgan fingerprint density at radius 2 is 1.46 bits per heavy atom. The number of anilines is 2. The van der Waals surface area contributed by atoms with Gasteiger partial charge in [-0.2, -0.15) is 0 Å². The lowest BCUT2D eigenvalue weighted by atomic mass is 10.1. The first-order chi connectivity index (χ1) is 11.4. The number of carbonyl (C=O) groups excluding carboxylic acids is 2. The number of aryl methyl sites for hydroxylation is 2. The molecule has 0 aromatic heterocycles. The summed E-state index contributed by atoms with van der Waals surface area (Å²) in [5, 5.41) is 6.11. The molecule has 0 aliphatic rings. The molecule has 2 rings (SSSR count). The maximum absolute atomic E-state index is 12.1. The number of nitrogens with one attached hydrogen (secondary N) is 2. The van der Waals surface area contributed by atoms with Gasteiger partial charge in [0.05, 0.1) is 0 Å². The highest BCUT2D eigenvalue weighted by Gasteiger charge is 2.21. The molecule has 8 nitrogen and oxygen atoms in total. The average molecular weight is 328 g/mol. The van der Waals surface area contributed by atoms with Crippen molar-refractivity contribution < 1.29 is 9.59 Å².